The van der Waals surface area contributed by atoms with E-state index >= 15 is 0 Å². The molecule has 0 saturated heterocycles. The second-order valence-corrected chi connectivity index (χ2v) is 11.3. The maximum Gasteiger partial charge on any atom is 0.228 e. The van der Waals surface area contributed by atoms with Crippen molar-refractivity contribution < 1.29 is 13.9 Å². The lowest BCUT2D eigenvalue weighted by atomic mass is 9.73. The summed E-state index contributed by atoms with van der Waals surface area (Å²) in [5.74, 6) is -0.0532. The molecule has 2 saturated carbocycles. The lowest BCUT2D eigenvalue weighted by Gasteiger charge is -2.43. The Bertz CT molecular complexity index is 1090. The van der Waals surface area contributed by atoms with Gasteiger partial charge in [-0.25, -0.2) is 4.39 Å². The summed E-state index contributed by atoms with van der Waals surface area (Å²) < 4.78 is 20.4. The predicted octanol–water partition coefficient (Wildman–Crippen LogP) is 7.39. The lowest BCUT2D eigenvalue weighted by Crippen LogP contribution is -2.61. The highest BCUT2D eigenvalue weighted by atomic mass is 35.5. The molecule has 194 valence electrons. The van der Waals surface area contributed by atoms with Gasteiger partial charge in [0.05, 0.1) is 22.3 Å². The summed E-state index contributed by atoms with van der Waals surface area (Å²) in [6, 6.07) is 9.91. The molecule has 5 nitrogen and oxygen atoms in total. The quantitative estimate of drug-likeness (QED) is 0.347. The van der Waals surface area contributed by atoms with Crippen molar-refractivity contribution in [3.05, 3.63) is 52.3 Å². The molecule has 1 amide bonds. The molecule has 2 fully saturated rings. The van der Waals surface area contributed by atoms with Gasteiger partial charge in [-0.15, -0.1) is 0 Å². The zero-order chi connectivity index (χ0) is 25.1. The zero-order valence-corrected chi connectivity index (χ0v) is 21.9. The van der Waals surface area contributed by atoms with Crippen molar-refractivity contribution in [2.24, 2.45) is 11.8 Å². The monoisotopic (exact) mass is 533 g/mol. The summed E-state index contributed by atoms with van der Waals surface area (Å²) in [4.78, 5) is 14.1. The molecular weight excluding hydrogens is 500 g/mol. The largest absolute Gasteiger partial charge is 0.488 e. The van der Waals surface area contributed by atoms with E-state index < -0.39 is 11.6 Å². The molecule has 1 heterocycles. The van der Waals surface area contributed by atoms with E-state index in [0.29, 0.717) is 21.5 Å². The molecular formula is C28H34Cl2FN3O2. The number of halogens is 3. The van der Waals surface area contributed by atoms with Crippen LogP contribution in [0.2, 0.25) is 10.0 Å². The molecule has 36 heavy (non-hydrogen) atoms. The van der Waals surface area contributed by atoms with Crippen LogP contribution in [0.25, 0.3) is 0 Å². The highest BCUT2D eigenvalue weighted by molar-refractivity contribution is 6.35. The molecule has 2 aromatic carbocycles. The second kappa shape index (κ2) is 11.1. The molecule has 2 unspecified atom stereocenters. The summed E-state index contributed by atoms with van der Waals surface area (Å²) >= 11 is 12.5. The fourth-order valence-electron chi connectivity index (χ4n) is 6.19. The first-order valence-corrected chi connectivity index (χ1v) is 13.9. The molecule has 5 rings (SSSR count). The molecule has 0 radical (unpaired) electrons. The fourth-order valence-corrected chi connectivity index (χ4v) is 6.65. The molecule has 2 aliphatic carbocycles. The van der Waals surface area contributed by atoms with Crippen LogP contribution in [-0.2, 0) is 4.79 Å². The van der Waals surface area contributed by atoms with E-state index in [2.05, 4.69) is 16.0 Å². The highest BCUT2D eigenvalue weighted by Gasteiger charge is 2.51. The maximum atomic E-state index is 14.2. The van der Waals surface area contributed by atoms with E-state index in [1.165, 1.54) is 25.0 Å². The number of hydrogen-bond acceptors (Lipinski definition) is 4. The van der Waals surface area contributed by atoms with Crippen molar-refractivity contribution in [3.8, 4) is 5.75 Å². The van der Waals surface area contributed by atoms with Gasteiger partial charge in [0.1, 0.15) is 18.2 Å². The van der Waals surface area contributed by atoms with Crippen LogP contribution >= 0.6 is 23.2 Å². The molecule has 8 heteroatoms. The minimum Gasteiger partial charge on any atom is -0.488 e. The van der Waals surface area contributed by atoms with Crippen LogP contribution in [0.4, 0.5) is 15.8 Å². The van der Waals surface area contributed by atoms with Crippen LogP contribution in [0.15, 0.2) is 36.4 Å². The van der Waals surface area contributed by atoms with Crippen LogP contribution in [0.1, 0.15) is 64.2 Å². The number of fused-ring (bicyclic) bond motifs is 1. The standard InChI is InChI=1S/C28H34Cl2FN3O2/c29-19-11-14-25(22(30)15-19)36-17-28(33-23-13-12-20(31)16-24(23)34-28)26(18-7-3-1-4-8-18)27(35)32-21-9-5-2-6-10-21/h11-16,18,21,26,33-34H,1-10,17H2,(H,32,35). The zero-order valence-electron chi connectivity index (χ0n) is 20.4. The van der Waals surface area contributed by atoms with Gasteiger partial charge in [0, 0.05) is 11.1 Å². The van der Waals surface area contributed by atoms with E-state index in [9.17, 15) is 9.18 Å². The van der Waals surface area contributed by atoms with Gasteiger partial charge in [-0.1, -0.05) is 61.7 Å². The Morgan fingerprint density at radius 1 is 0.972 bits per heavy atom. The number of carbonyl (C=O) groups is 1. The van der Waals surface area contributed by atoms with Crippen LogP contribution in [0, 0.1) is 17.7 Å². The summed E-state index contributed by atoms with van der Waals surface area (Å²) in [7, 11) is 0. The van der Waals surface area contributed by atoms with Crippen LogP contribution in [0.5, 0.6) is 5.75 Å². The van der Waals surface area contributed by atoms with Crippen molar-refractivity contribution in [1.29, 1.82) is 0 Å². The normalized spacial score (nSPS) is 23.3. The van der Waals surface area contributed by atoms with Gasteiger partial charge >= 0.3 is 0 Å². The van der Waals surface area contributed by atoms with E-state index in [1.54, 1.807) is 24.3 Å². The Balaban J connectivity index is 1.48. The molecule has 2 atom stereocenters. The average molecular weight is 535 g/mol. The third kappa shape index (κ3) is 5.55. The van der Waals surface area contributed by atoms with Gasteiger partial charge in [-0.05, 0) is 68.0 Å². The Kier molecular flexibility index (Phi) is 7.82. The summed E-state index contributed by atoms with van der Waals surface area (Å²) in [6.45, 7) is 0.129. The number of rotatable bonds is 7. The Morgan fingerprint density at radius 2 is 1.67 bits per heavy atom. The van der Waals surface area contributed by atoms with Crippen molar-refractivity contribution in [2.75, 3.05) is 17.2 Å². The number of nitrogens with one attached hydrogen (secondary N) is 3. The molecule has 3 N–H and O–H groups in total. The van der Waals surface area contributed by atoms with Crippen LogP contribution in [0.3, 0.4) is 0 Å². The van der Waals surface area contributed by atoms with Gasteiger partial charge in [0.15, 0.2) is 5.66 Å². The smallest absolute Gasteiger partial charge is 0.228 e. The van der Waals surface area contributed by atoms with Crippen LogP contribution < -0.4 is 20.7 Å². The lowest BCUT2D eigenvalue weighted by molar-refractivity contribution is -0.130. The molecule has 2 aromatic rings. The number of ether oxygens (including phenoxy) is 1. The summed E-state index contributed by atoms with van der Waals surface area (Å²) in [5, 5.41) is 11.4. The Labute approximate surface area is 222 Å². The first kappa shape index (κ1) is 25.5. The van der Waals surface area contributed by atoms with Crippen molar-refractivity contribution in [3.63, 3.8) is 0 Å². The highest BCUT2D eigenvalue weighted by Crippen LogP contribution is 2.45. The Morgan fingerprint density at radius 3 is 2.39 bits per heavy atom. The number of benzene rings is 2. The maximum absolute atomic E-state index is 14.2. The van der Waals surface area contributed by atoms with Gasteiger partial charge in [-0.3, -0.25) is 4.79 Å². The third-order valence-electron chi connectivity index (χ3n) is 7.93. The van der Waals surface area contributed by atoms with Crippen molar-refractivity contribution in [2.45, 2.75) is 75.9 Å². The first-order chi connectivity index (χ1) is 17.4. The fraction of sp³-hybridized carbons (Fsp3) is 0.536. The average Bonchev–Trinajstić information content (AvgIpc) is 3.23. The van der Waals surface area contributed by atoms with Crippen molar-refractivity contribution >= 4 is 40.5 Å². The molecule has 0 spiro atoms. The molecule has 0 aromatic heterocycles. The Hall–Kier alpha value is -2.18. The summed E-state index contributed by atoms with van der Waals surface area (Å²) in [5.41, 5.74) is 0.431. The SMILES string of the molecule is O=C(NC1CCCCC1)C(C1CCCCC1)C1(COc2ccc(Cl)cc2Cl)Nc2ccc(F)cc2N1. The van der Waals surface area contributed by atoms with Crippen LogP contribution in [-0.4, -0.2) is 24.2 Å². The van der Waals surface area contributed by atoms with E-state index in [-0.39, 0.29) is 30.3 Å². The first-order valence-electron chi connectivity index (χ1n) is 13.2. The predicted molar refractivity (Wildman–Crippen MR) is 143 cm³/mol. The minimum absolute atomic E-state index is 0.0351. The summed E-state index contributed by atoms with van der Waals surface area (Å²) in [6.07, 6.45) is 10.9. The van der Waals surface area contributed by atoms with E-state index in [1.807, 2.05) is 0 Å². The molecule has 3 aliphatic rings. The van der Waals surface area contributed by atoms with E-state index in [0.717, 1.165) is 57.1 Å². The van der Waals surface area contributed by atoms with Gasteiger partial charge in [0.25, 0.3) is 0 Å². The third-order valence-corrected chi connectivity index (χ3v) is 8.46. The van der Waals surface area contributed by atoms with E-state index in [4.69, 9.17) is 27.9 Å². The molecule has 0 bridgehead atoms. The number of anilines is 2. The van der Waals surface area contributed by atoms with Gasteiger partial charge < -0.3 is 20.7 Å². The van der Waals surface area contributed by atoms with Gasteiger partial charge in [-0.2, -0.15) is 0 Å². The molecule has 1 aliphatic heterocycles. The van der Waals surface area contributed by atoms with Crippen molar-refractivity contribution in [1.82, 2.24) is 5.32 Å². The van der Waals surface area contributed by atoms with Gasteiger partial charge in [0.2, 0.25) is 5.91 Å². The number of amides is 1. The second-order valence-electron chi connectivity index (χ2n) is 10.5. The number of hydrogen-bond donors (Lipinski definition) is 3. The number of carbonyl (C=O) groups excluding carboxylic acids is 1. The minimum atomic E-state index is -0.958. The topological polar surface area (TPSA) is 62.4 Å².